The van der Waals surface area contributed by atoms with E-state index in [9.17, 15) is 19.5 Å². The van der Waals surface area contributed by atoms with Crippen LogP contribution in [0.15, 0.2) is 30.3 Å². The Balaban J connectivity index is 2.74. The molecule has 0 heterocycles. The lowest BCUT2D eigenvalue weighted by Crippen LogP contribution is -2.55. The first kappa shape index (κ1) is 24.9. The van der Waals surface area contributed by atoms with Crippen LogP contribution < -0.4 is 22.1 Å². The number of hydrogen-bond donors (Lipinski definition) is 5. The largest absolute Gasteiger partial charge is 0.480 e. The summed E-state index contributed by atoms with van der Waals surface area (Å²) < 4.78 is 0. The smallest absolute Gasteiger partial charge is 0.326 e. The van der Waals surface area contributed by atoms with Gasteiger partial charge < -0.3 is 27.2 Å². The van der Waals surface area contributed by atoms with Crippen molar-refractivity contribution in [1.82, 2.24) is 10.6 Å². The highest BCUT2D eigenvalue weighted by molar-refractivity contribution is 7.98. The lowest BCUT2D eigenvalue weighted by molar-refractivity contribution is -0.142. The fourth-order valence-electron chi connectivity index (χ4n) is 2.75. The Kier molecular flexibility index (Phi) is 12.0. The topological polar surface area (TPSA) is 148 Å². The number of thioether (sulfide) groups is 1. The Morgan fingerprint density at radius 2 is 1.69 bits per heavy atom. The molecule has 0 unspecified atom stereocenters. The molecule has 0 aliphatic heterocycles. The summed E-state index contributed by atoms with van der Waals surface area (Å²) in [5, 5.41) is 14.7. The van der Waals surface area contributed by atoms with Crippen LogP contribution >= 0.6 is 11.8 Å². The van der Waals surface area contributed by atoms with Gasteiger partial charge in [-0.05, 0) is 43.4 Å². The van der Waals surface area contributed by atoms with Crippen molar-refractivity contribution in [1.29, 1.82) is 0 Å². The van der Waals surface area contributed by atoms with Crippen molar-refractivity contribution in [3.05, 3.63) is 35.9 Å². The predicted octanol–water partition coefficient (Wildman–Crippen LogP) is 0.493. The van der Waals surface area contributed by atoms with Crippen molar-refractivity contribution in [3.8, 4) is 0 Å². The SMILES string of the molecule is CSCC[C@H](NC(=O)[C@@H](N)CCCCN)C(=O)N[C@@H](Cc1ccccc1)C(=O)O. The van der Waals surface area contributed by atoms with E-state index in [2.05, 4.69) is 10.6 Å². The Hall–Kier alpha value is -2.10. The van der Waals surface area contributed by atoms with Gasteiger partial charge in [-0.25, -0.2) is 4.79 Å². The summed E-state index contributed by atoms with van der Waals surface area (Å²) in [6.07, 6.45) is 4.41. The lowest BCUT2D eigenvalue weighted by Gasteiger charge is -2.23. The fourth-order valence-corrected chi connectivity index (χ4v) is 3.22. The molecular formula is C20H32N4O4S. The minimum absolute atomic E-state index is 0.156. The molecule has 2 amide bonds. The Bertz CT molecular complexity index is 645. The lowest BCUT2D eigenvalue weighted by atomic mass is 10.0. The molecule has 0 aromatic heterocycles. The van der Waals surface area contributed by atoms with E-state index in [0.717, 1.165) is 18.4 Å². The molecule has 0 aliphatic carbocycles. The van der Waals surface area contributed by atoms with Crippen molar-refractivity contribution in [2.75, 3.05) is 18.6 Å². The van der Waals surface area contributed by atoms with E-state index in [1.165, 1.54) is 11.8 Å². The molecule has 162 valence electrons. The summed E-state index contributed by atoms with van der Waals surface area (Å²) in [6.45, 7) is 0.533. The van der Waals surface area contributed by atoms with Crippen LogP contribution in [0.25, 0.3) is 0 Å². The number of hydrogen-bond acceptors (Lipinski definition) is 6. The van der Waals surface area contributed by atoms with Gasteiger partial charge in [0.25, 0.3) is 0 Å². The summed E-state index contributed by atoms with van der Waals surface area (Å²) in [4.78, 5) is 36.7. The molecule has 7 N–H and O–H groups in total. The second-order valence-corrected chi connectivity index (χ2v) is 7.81. The summed E-state index contributed by atoms with van der Waals surface area (Å²) >= 11 is 1.53. The van der Waals surface area contributed by atoms with Crippen LogP contribution in [0.3, 0.4) is 0 Å². The molecule has 0 saturated carbocycles. The number of benzene rings is 1. The molecule has 8 nitrogen and oxygen atoms in total. The first-order valence-corrected chi connectivity index (χ1v) is 11.1. The molecular weight excluding hydrogens is 392 g/mol. The van der Waals surface area contributed by atoms with Crippen molar-refractivity contribution >= 4 is 29.5 Å². The Morgan fingerprint density at radius 1 is 1.03 bits per heavy atom. The van der Waals surface area contributed by atoms with Gasteiger partial charge in [-0.3, -0.25) is 9.59 Å². The molecule has 29 heavy (non-hydrogen) atoms. The molecule has 0 radical (unpaired) electrons. The monoisotopic (exact) mass is 424 g/mol. The van der Waals surface area contributed by atoms with Crippen LogP contribution in [0.2, 0.25) is 0 Å². The van der Waals surface area contributed by atoms with E-state index in [0.29, 0.717) is 25.1 Å². The first-order chi connectivity index (χ1) is 13.9. The van der Waals surface area contributed by atoms with E-state index in [1.54, 1.807) is 12.1 Å². The average molecular weight is 425 g/mol. The van der Waals surface area contributed by atoms with Gasteiger partial charge in [-0.2, -0.15) is 11.8 Å². The highest BCUT2D eigenvalue weighted by Crippen LogP contribution is 2.07. The minimum Gasteiger partial charge on any atom is -0.480 e. The number of carboxylic acid groups (broad SMARTS) is 1. The van der Waals surface area contributed by atoms with E-state index in [-0.39, 0.29) is 6.42 Å². The third-order valence-electron chi connectivity index (χ3n) is 4.45. The third-order valence-corrected chi connectivity index (χ3v) is 5.09. The van der Waals surface area contributed by atoms with E-state index < -0.39 is 35.9 Å². The normalized spacial score (nSPS) is 13.9. The zero-order chi connectivity index (χ0) is 21.6. The van der Waals surface area contributed by atoms with Crippen LogP contribution in [-0.2, 0) is 20.8 Å². The maximum Gasteiger partial charge on any atom is 0.326 e. The quantitative estimate of drug-likeness (QED) is 0.273. The molecule has 1 rings (SSSR count). The second kappa shape index (κ2) is 14.0. The summed E-state index contributed by atoms with van der Waals surface area (Å²) in [6, 6.07) is 6.40. The number of nitrogens with one attached hydrogen (secondary N) is 2. The molecule has 0 spiro atoms. The molecule has 0 bridgehead atoms. The maximum absolute atomic E-state index is 12.7. The van der Waals surface area contributed by atoms with Crippen molar-refractivity contribution in [2.24, 2.45) is 11.5 Å². The molecule has 0 aliphatic rings. The van der Waals surface area contributed by atoms with Gasteiger partial charge in [0, 0.05) is 6.42 Å². The van der Waals surface area contributed by atoms with Gasteiger partial charge >= 0.3 is 5.97 Å². The zero-order valence-corrected chi connectivity index (χ0v) is 17.6. The molecule has 0 saturated heterocycles. The van der Waals surface area contributed by atoms with E-state index in [1.807, 2.05) is 24.5 Å². The second-order valence-electron chi connectivity index (χ2n) is 6.82. The highest BCUT2D eigenvalue weighted by Gasteiger charge is 2.27. The van der Waals surface area contributed by atoms with Gasteiger partial charge in [0.2, 0.25) is 11.8 Å². The number of nitrogens with two attached hydrogens (primary N) is 2. The maximum atomic E-state index is 12.7. The number of amides is 2. The summed E-state index contributed by atoms with van der Waals surface area (Å²) in [5.41, 5.74) is 12.1. The van der Waals surface area contributed by atoms with Crippen LogP contribution in [0, 0.1) is 0 Å². The van der Waals surface area contributed by atoms with E-state index >= 15 is 0 Å². The molecule has 1 aromatic carbocycles. The van der Waals surface area contributed by atoms with Crippen molar-refractivity contribution in [2.45, 2.75) is 50.2 Å². The predicted molar refractivity (Wildman–Crippen MR) is 116 cm³/mol. The zero-order valence-electron chi connectivity index (χ0n) is 16.8. The van der Waals surface area contributed by atoms with Crippen molar-refractivity contribution < 1.29 is 19.5 Å². The van der Waals surface area contributed by atoms with Gasteiger partial charge in [0.1, 0.15) is 12.1 Å². The number of unbranched alkanes of at least 4 members (excludes halogenated alkanes) is 1. The number of rotatable bonds is 14. The van der Waals surface area contributed by atoms with Gasteiger partial charge in [-0.15, -0.1) is 0 Å². The average Bonchev–Trinajstić information content (AvgIpc) is 2.71. The minimum atomic E-state index is -1.13. The first-order valence-electron chi connectivity index (χ1n) is 9.71. The number of carbonyl (C=O) groups excluding carboxylic acids is 2. The van der Waals surface area contributed by atoms with E-state index in [4.69, 9.17) is 11.5 Å². The Morgan fingerprint density at radius 3 is 2.28 bits per heavy atom. The van der Waals surface area contributed by atoms with Gasteiger partial charge in [0.15, 0.2) is 0 Å². The standard InChI is InChI=1S/C20H32N4O4S/c1-29-12-10-16(23-18(25)15(22)9-5-6-11-21)19(26)24-17(20(27)28)13-14-7-3-2-4-8-14/h2-4,7-8,15-17H,5-6,9-13,21-22H2,1H3,(H,23,25)(H,24,26)(H,27,28)/t15-,16-,17-/m0/s1. The third kappa shape index (κ3) is 9.78. The van der Waals surface area contributed by atoms with Gasteiger partial charge in [0.05, 0.1) is 6.04 Å². The highest BCUT2D eigenvalue weighted by atomic mass is 32.2. The summed E-state index contributed by atoms with van der Waals surface area (Å²) in [5.74, 6) is -1.43. The number of aliphatic carboxylic acids is 1. The van der Waals surface area contributed by atoms with Crippen molar-refractivity contribution in [3.63, 3.8) is 0 Å². The van der Waals surface area contributed by atoms with Crippen LogP contribution in [0.4, 0.5) is 0 Å². The Labute approximate surface area is 176 Å². The molecule has 1 aromatic rings. The summed E-state index contributed by atoms with van der Waals surface area (Å²) in [7, 11) is 0. The van der Waals surface area contributed by atoms with Crippen LogP contribution in [-0.4, -0.2) is 59.6 Å². The van der Waals surface area contributed by atoms with Crippen LogP contribution in [0.1, 0.15) is 31.2 Å². The molecule has 3 atom stereocenters. The van der Waals surface area contributed by atoms with Crippen LogP contribution in [0.5, 0.6) is 0 Å². The molecule has 0 fully saturated rings. The molecule has 9 heteroatoms. The number of carboxylic acids is 1. The van der Waals surface area contributed by atoms with Gasteiger partial charge in [-0.1, -0.05) is 36.8 Å². The fraction of sp³-hybridized carbons (Fsp3) is 0.550. The number of carbonyl (C=O) groups is 3.